The number of fused-ring (bicyclic) bond motifs is 1. The first-order valence-corrected chi connectivity index (χ1v) is 10.6. The van der Waals surface area contributed by atoms with Gasteiger partial charge in [0.15, 0.2) is 0 Å². The molecule has 7 heteroatoms. The van der Waals surface area contributed by atoms with Crippen molar-refractivity contribution < 1.29 is 13.2 Å². The first kappa shape index (κ1) is 15.6. The van der Waals surface area contributed by atoms with E-state index in [1.807, 2.05) is 16.8 Å². The molecule has 0 spiro atoms. The molecule has 0 saturated carbocycles. The maximum atomic E-state index is 12.9. The Morgan fingerprint density at radius 2 is 1.88 bits per heavy atom. The van der Waals surface area contributed by atoms with Crippen LogP contribution in [0.4, 0.5) is 5.69 Å². The molecule has 1 aliphatic rings. The zero-order valence-electron chi connectivity index (χ0n) is 12.4. The van der Waals surface area contributed by atoms with Crippen molar-refractivity contribution >= 4 is 44.1 Å². The third-order valence-electron chi connectivity index (χ3n) is 4.04. The minimum Gasteiger partial charge on any atom is -0.324 e. The highest BCUT2D eigenvalue weighted by Gasteiger charge is 2.34. The molecule has 1 aromatic carbocycles. The lowest BCUT2D eigenvalue weighted by atomic mass is 9.93. The highest BCUT2D eigenvalue weighted by atomic mass is 32.2. The fourth-order valence-corrected chi connectivity index (χ4v) is 6.51. The summed E-state index contributed by atoms with van der Waals surface area (Å²) in [7, 11) is -3.65. The Bertz CT molecular complexity index is 989. The van der Waals surface area contributed by atoms with Crippen LogP contribution in [0.5, 0.6) is 0 Å². The molecule has 1 N–H and O–H groups in total. The van der Waals surface area contributed by atoms with Crippen molar-refractivity contribution in [3.05, 3.63) is 63.0 Å². The van der Waals surface area contributed by atoms with Gasteiger partial charge in [-0.15, -0.1) is 11.3 Å². The lowest BCUT2D eigenvalue weighted by Gasteiger charge is -2.22. The van der Waals surface area contributed by atoms with Crippen molar-refractivity contribution in [3.63, 3.8) is 0 Å². The van der Waals surface area contributed by atoms with Crippen LogP contribution in [-0.2, 0) is 14.6 Å². The van der Waals surface area contributed by atoms with Crippen molar-refractivity contribution in [1.82, 2.24) is 0 Å². The average Bonchev–Trinajstić information content (AvgIpc) is 3.24. The van der Waals surface area contributed by atoms with Crippen molar-refractivity contribution in [2.24, 2.45) is 0 Å². The molecule has 1 aliphatic heterocycles. The van der Waals surface area contributed by atoms with E-state index in [4.69, 9.17) is 0 Å². The number of nitrogens with one attached hydrogen (secondary N) is 1. The highest BCUT2D eigenvalue weighted by Crippen LogP contribution is 2.46. The Morgan fingerprint density at radius 1 is 1.08 bits per heavy atom. The van der Waals surface area contributed by atoms with Gasteiger partial charge in [0, 0.05) is 22.6 Å². The number of thiophene rings is 2. The molecule has 4 nitrogen and oxygen atoms in total. The lowest BCUT2D eigenvalue weighted by Crippen LogP contribution is -2.23. The highest BCUT2D eigenvalue weighted by molar-refractivity contribution is 7.91. The number of hydrogen-bond donors (Lipinski definition) is 1. The standard InChI is InChI=1S/C17H13NO3S3/c19-15-8-13(11-6-7-22-9-11)17-16(18-15)14(10-23-17)24(20,21)12-4-2-1-3-5-12/h1-7,9-10,13H,8H2,(H,18,19). The summed E-state index contributed by atoms with van der Waals surface area (Å²) in [5, 5.41) is 8.39. The SMILES string of the molecule is O=C1CC(c2ccsc2)c2scc(S(=O)(=O)c3ccccc3)c2N1. The van der Waals surface area contributed by atoms with Crippen LogP contribution in [0.3, 0.4) is 0 Å². The van der Waals surface area contributed by atoms with Crippen molar-refractivity contribution in [1.29, 1.82) is 0 Å². The van der Waals surface area contributed by atoms with E-state index in [0.717, 1.165) is 10.4 Å². The van der Waals surface area contributed by atoms with Crippen LogP contribution in [0.25, 0.3) is 0 Å². The number of carbonyl (C=O) groups is 1. The molecule has 1 unspecified atom stereocenters. The molecule has 0 saturated heterocycles. The zero-order valence-corrected chi connectivity index (χ0v) is 14.9. The molecule has 24 heavy (non-hydrogen) atoms. The molecule has 1 atom stereocenters. The summed E-state index contributed by atoms with van der Waals surface area (Å²) in [5.41, 5.74) is 1.50. The van der Waals surface area contributed by atoms with Crippen LogP contribution in [0, 0.1) is 0 Å². The summed E-state index contributed by atoms with van der Waals surface area (Å²) in [4.78, 5) is 13.5. The number of hydrogen-bond acceptors (Lipinski definition) is 5. The predicted octanol–water partition coefficient (Wildman–Crippen LogP) is 4.12. The third-order valence-corrected chi connectivity index (χ3v) is 7.79. The number of rotatable bonds is 3. The van der Waals surface area contributed by atoms with Gasteiger partial charge in [-0.3, -0.25) is 4.79 Å². The quantitative estimate of drug-likeness (QED) is 0.749. The predicted molar refractivity (Wildman–Crippen MR) is 95.6 cm³/mol. The van der Waals surface area contributed by atoms with Crippen molar-refractivity contribution in [2.75, 3.05) is 5.32 Å². The Hall–Kier alpha value is -1.96. The van der Waals surface area contributed by atoms with E-state index < -0.39 is 9.84 Å². The van der Waals surface area contributed by atoms with Gasteiger partial charge in [0.2, 0.25) is 15.7 Å². The van der Waals surface area contributed by atoms with E-state index in [1.54, 1.807) is 47.0 Å². The maximum absolute atomic E-state index is 12.9. The summed E-state index contributed by atoms with van der Waals surface area (Å²) in [6, 6.07) is 10.3. The molecule has 0 radical (unpaired) electrons. The van der Waals surface area contributed by atoms with Crippen LogP contribution in [-0.4, -0.2) is 14.3 Å². The van der Waals surface area contributed by atoms with Gasteiger partial charge >= 0.3 is 0 Å². The van der Waals surface area contributed by atoms with E-state index >= 15 is 0 Å². The largest absolute Gasteiger partial charge is 0.324 e. The van der Waals surface area contributed by atoms with E-state index in [0.29, 0.717) is 12.1 Å². The molecule has 3 heterocycles. The Morgan fingerprint density at radius 3 is 2.58 bits per heavy atom. The maximum Gasteiger partial charge on any atom is 0.225 e. The second-order valence-electron chi connectivity index (χ2n) is 5.52. The molecule has 4 rings (SSSR count). The van der Waals surface area contributed by atoms with Gasteiger partial charge in [-0.2, -0.15) is 11.3 Å². The first-order valence-electron chi connectivity index (χ1n) is 7.31. The Balaban J connectivity index is 1.85. The molecule has 1 amide bonds. The third kappa shape index (κ3) is 2.49. The van der Waals surface area contributed by atoms with Crippen LogP contribution in [0.1, 0.15) is 22.8 Å². The number of amides is 1. The summed E-state index contributed by atoms with van der Waals surface area (Å²) in [5.74, 6) is -0.230. The smallest absolute Gasteiger partial charge is 0.225 e. The minimum atomic E-state index is -3.65. The second-order valence-corrected chi connectivity index (χ2v) is 9.13. The molecule has 2 aromatic heterocycles. The van der Waals surface area contributed by atoms with Gasteiger partial charge in [-0.1, -0.05) is 18.2 Å². The number of carbonyl (C=O) groups excluding carboxylic acids is 1. The fraction of sp³-hybridized carbons (Fsp3) is 0.118. The van der Waals surface area contributed by atoms with Gasteiger partial charge in [-0.05, 0) is 34.5 Å². The number of sulfone groups is 1. The van der Waals surface area contributed by atoms with Gasteiger partial charge in [0.1, 0.15) is 4.90 Å². The van der Waals surface area contributed by atoms with Crippen LogP contribution in [0.15, 0.2) is 62.3 Å². The van der Waals surface area contributed by atoms with Crippen molar-refractivity contribution in [3.8, 4) is 0 Å². The average molecular weight is 375 g/mol. The molecule has 0 bridgehead atoms. The van der Waals surface area contributed by atoms with Gasteiger partial charge in [0.05, 0.1) is 10.6 Å². The van der Waals surface area contributed by atoms with E-state index in [2.05, 4.69) is 5.32 Å². The Labute approximate surface area is 147 Å². The molecule has 122 valence electrons. The normalized spacial score (nSPS) is 17.3. The zero-order chi connectivity index (χ0) is 16.7. The van der Waals surface area contributed by atoms with Crippen LogP contribution < -0.4 is 5.32 Å². The van der Waals surface area contributed by atoms with Gasteiger partial charge < -0.3 is 5.32 Å². The molecule has 0 fully saturated rings. The minimum absolute atomic E-state index is 0.0790. The van der Waals surface area contributed by atoms with Gasteiger partial charge in [0.25, 0.3) is 0 Å². The fourth-order valence-electron chi connectivity index (χ4n) is 2.87. The molecular weight excluding hydrogens is 362 g/mol. The lowest BCUT2D eigenvalue weighted by molar-refractivity contribution is -0.116. The second kappa shape index (κ2) is 5.84. The molecule has 0 aliphatic carbocycles. The Kier molecular flexibility index (Phi) is 3.79. The molecular formula is C17H13NO3S3. The van der Waals surface area contributed by atoms with E-state index in [9.17, 15) is 13.2 Å². The number of benzene rings is 1. The van der Waals surface area contributed by atoms with Gasteiger partial charge in [-0.25, -0.2) is 8.42 Å². The topological polar surface area (TPSA) is 63.2 Å². The molecule has 3 aromatic rings. The van der Waals surface area contributed by atoms with Crippen LogP contribution in [0.2, 0.25) is 0 Å². The summed E-state index contributed by atoms with van der Waals surface area (Å²) < 4.78 is 25.8. The first-order chi connectivity index (χ1) is 11.6. The monoisotopic (exact) mass is 375 g/mol. The summed E-state index contributed by atoms with van der Waals surface area (Å²) in [6.07, 6.45) is 0.342. The van der Waals surface area contributed by atoms with Crippen LogP contribution >= 0.6 is 22.7 Å². The summed E-state index contributed by atoms with van der Waals surface area (Å²) >= 11 is 2.97. The van der Waals surface area contributed by atoms with E-state index in [1.165, 1.54) is 11.3 Å². The van der Waals surface area contributed by atoms with Crippen molar-refractivity contribution in [2.45, 2.75) is 22.1 Å². The number of anilines is 1. The summed E-state index contributed by atoms with van der Waals surface area (Å²) in [6.45, 7) is 0. The van der Waals surface area contributed by atoms with E-state index in [-0.39, 0.29) is 21.6 Å².